The van der Waals surface area contributed by atoms with E-state index in [9.17, 15) is 4.79 Å². The van der Waals surface area contributed by atoms with Gasteiger partial charge in [0.15, 0.2) is 0 Å². The van der Waals surface area contributed by atoms with Crippen LogP contribution in [0.2, 0.25) is 0 Å². The van der Waals surface area contributed by atoms with E-state index in [2.05, 4.69) is 30.8 Å². The SMILES string of the molecule is CCOC(=O)C(N)CCN1CC(C)C(N(C)C)C1. The first-order chi connectivity index (χ1) is 8.45. The zero-order chi connectivity index (χ0) is 13.7. The molecule has 1 fully saturated rings. The molecule has 3 unspecified atom stereocenters. The first kappa shape index (κ1) is 15.4. The third-order valence-corrected chi connectivity index (χ3v) is 3.66. The number of likely N-dealkylation sites (tertiary alicyclic amines) is 1. The van der Waals surface area contributed by atoms with Crippen LogP contribution < -0.4 is 5.73 Å². The van der Waals surface area contributed by atoms with E-state index in [0.717, 1.165) is 19.6 Å². The summed E-state index contributed by atoms with van der Waals surface area (Å²) in [6, 6.07) is 0.113. The van der Waals surface area contributed by atoms with E-state index in [1.165, 1.54) is 0 Å². The van der Waals surface area contributed by atoms with Crippen LogP contribution in [0.5, 0.6) is 0 Å². The van der Waals surface area contributed by atoms with Crippen LogP contribution in [0.4, 0.5) is 0 Å². The van der Waals surface area contributed by atoms with Crippen LogP contribution in [-0.4, -0.2) is 68.2 Å². The maximum absolute atomic E-state index is 11.4. The summed E-state index contributed by atoms with van der Waals surface area (Å²) < 4.78 is 4.91. The van der Waals surface area contributed by atoms with Crippen LogP contribution >= 0.6 is 0 Å². The second kappa shape index (κ2) is 7.07. The van der Waals surface area contributed by atoms with E-state index in [1.54, 1.807) is 6.92 Å². The maximum Gasteiger partial charge on any atom is 0.322 e. The van der Waals surface area contributed by atoms with Crippen molar-refractivity contribution in [1.29, 1.82) is 0 Å². The third kappa shape index (κ3) is 4.23. The number of likely N-dealkylation sites (N-methyl/N-ethyl adjacent to an activating group) is 1. The predicted octanol–water partition coefficient (Wildman–Crippen LogP) is 0.149. The lowest BCUT2D eigenvalue weighted by Crippen LogP contribution is -2.37. The van der Waals surface area contributed by atoms with Crippen molar-refractivity contribution >= 4 is 5.97 Å². The number of hydrogen-bond donors (Lipinski definition) is 1. The summed E-state index contributed by atoms with van der Waals surface area (Å²) in [5, 5.41) is 0. The average molecular weight is 257 g/mol. The number of nitrogens with zero attached hydrogens (tertiary/aromatic N) is 2. The number of nitrogens with two attached hydrogens (primary N) is 1. The van der Waals surface area contributed by atoms with Crippen LogP contribution in [-0.2, 0) is 9.53 Å². The highest BCUT2D eigenvalue weighted by Gasteiger charge is 2.31. The quantitative estimate of drug-likeness (QED) is 0.686. The summed E-state index contributed by atoms with van der Waals surface area (Å²) in [6.07, 6.45) is 0.672. The molecule has 0 aromatic carbocycles. The lowest BCUT2D eigenvalue weighted by atomic mass is 10.1. The summed E-state index contributed by atoms with van der Waals surface area (Å²) in [6.45, 7) is 7.48. The molecule has 0 bridgehead atoms. The van der Waals surface area contributed by atoms with Crippen molar-refractivity contribution in [2.75, 3.05) is 40.3 Å². The number of esters is 1. The van der Waals surface area contributed by atoms with Gasteiger partial charge in [0.25, 0.3) is 0 Å². The van der Waals surface area contributed by atoms with Gasteiger partial charge in [0.2, 0.25) is 0 Å². The minimum atomic E-state index is -0.487. The Balaban J connectivity index is 2.31. The minimum Gasteiger partial charge on any atom is -0.465 e. The summed E-state index contributed by atoms with van der Waals surface area (Å²) >= 11 is 0. The molecule has 0 saturated carbocycles. The van der Waals surface area contributed by atoms with Crippen LogP contribution in [0.3, 0.4) is 0 Å². The van der Waals surface area contributed by atoms with Gasteiger partial charge >= 0.3 is 5.97 Å². The molecular formula is C13H27N3O2. The molecular weight excluding hydrogens is 230 g/mol. The van der Waals surface area contributed by atoms with Crippen LogP contribution in [0.1, 0.15) is 20.3 Å². The molecule has 0 aromatic rings. The molecule has 0 amide bonds. The topological polar surface area (TPSA) is 58.8 Å². The first-order valence-corrected chi connectivity index (χ1v) is 6.76. The third-order valence-electron chi connectivity index (χ3n) is 3.66. The van der Waals surface area contributed by atoms with Gasteiger partial charge in [0.05, 0.1) is 6.61 Å². The van der Waals surface area contributed by atoms with Crippen LogP contribution in [0, 0.1) is 5.92 Å². The Morgan fingerprint density at radius 2 is 2.17 bits per heavy atom. The van der Waals surface area contributed by atoms with Gasteiger partial charge in [-0.3, -0.25) is 4.79 Å². The van der Waals surface area contributed by atoms with E-state index in [4.69, 9.17) is 10.5 Å². The molecule has 0 spiro atoms. The number of hydrogen-bond acceptors (Lipinski definition) is 5. The van der Waals surface area contributed by atoms with Gasteiger partial charge in [-0.25, -0.2) is 0 Å². The van der Waals surface area contributed by atoms with Gasteiger partial charge in [-0.2, -0.15) is 0 Å². The molecule has 1 heterocycles. The van der Waals surface area contributed by atoms with E-state index < -0.39 is 6.04 Å². The van der Waals surface area contributed by atoms with Crippen molar-refractivity contribution in [3.05, 3.63) is 0 Å². The molecule has 1 aliphatic heterocycles. The fourth-order valence-electron chi connectivity index (χ4n) is 2.59. The Morgan fingerprint density at radius 3 is 2.67 bits per heavy atom. The number of carbonyl (C=O) groups excluding carboxylic acids is 1. The normalized spacial score (nSPS) is 26.6. The van der Waals surface area contributed by atoms with Crippen molar-refractivity contribution < 1.29 is 9.53 Å². The second-order valence-electron chi connectivity index (χ2n) is 5.42. The van der Waals surface area contributed by atoms with Crippen molar-refractivity contribution in [1.82, 2.24) is 9.80 Å². The van der Waals surface area contributed by atoms with Crippen molar-refractivity contribution in [2.24, 2.45) is 11.7 Å². The Labute approximate surface area is 110 Å². The molecule has 5 heteroatoms. The lowest BCUT2D eigenvalue weighted by Gasteiger charge is -2.22. The van der Waals surface area contributed by atoms with Crippen molar-refractivity contribution in [3.8, 4) is 0 Å². The number of ether oxygens (including phenoxy) is 1. The Bertz CT molecular complexity index is 271. The summed E-state index contributed by atoms with van der Waals surface area (Å²) in [7, 11) is 4.24. The van der Waals surface area contributed by atoms with E-state index in [-0.39, 0.29) is 5.97 Å². The minimum absolute atomic E-state index is 0.283. The van der Waals surface area contributed by atoms with E-state index in [1.807, 2.05) is 0 Å². The summed E-state index contributed by atoms with van der Waals surface area (Å²) in [4.78, 5) is 16.1. The fraction of sp³-hybridized carbons (Fsp3) is 0.923. The molecule has 1 aliphatic rings. The fourth-order valence-corrected chi connectivity index (χ4v) is 2.59. The smallest absolute Gasteiger partial charge is 0.322 e. The molecule has 0 aromatic heterocycles. The summed E-state index contributed by atoms with van der Waals surface area (Å²) in [5.41, 5.74) is 5.80. The molecule has 5 nitrogen and oxygen atoms in total. The molecule has 1 rings (SSSR count). The monoisotopic (exact) mass is 257 g/mol. The molecule has 106 valence electrons. The molecule has 18 heavy (non-hydrogen) atoms. The average Bonchev–Trinajstić information content (AvgIpc) is 2.68. The van der Waals surface area contributed by atoms with Crippen LogP contribution in [0.25, 0.3) is 0 Å². The first-order valence-electron chi connectivity index (χ1n) is 6.76. The number of rotatable bonds is 6. The molecule has 0 aliphatic carbocycles. The zero-order valence-corrected chi connectivity index (χ0v) is 12.1. The number of carbonyl (C=O) groups is 1. The highest BCUT2D eigenvalue weighted by Crippen LogP contribution is 2.20. The molecule has 0 radical (unpaired) electrons. The Morgan fingerprint density at radius 1 is 1.50 bits per heavy atom. The van der Waals surface area contributed by atoms with Crippen LogP contribution in [0.15, 0.2) is 0 Å². The largest absolute Gasteiger partial charge is 0.465 e. The standard InChI is InChI=1S/C13H27N3O2/c1-5-18-13(17)11(14)6-7-16-8-10(2)12(9-16)15(3)4/h10-12H,5-9,14H2,1-4H3. The van der Waals surface area contributed by atoms with Gasteiger partial charge < -0.3 is 20.3 Å². The van der Waals surface area contributed by atoms with E-state index >= 15 is 0 Å². The lowest BCUT2D eigenvalue weighted by molar-refractivity contribution is -0.144. The Hall–Kier alpha value is -0.650. The summed E-state index contributed by atoms with van der Waals surface area (Å²) in [5.74, 6) is 0.382. The molecule has 3 atom stereocenters. The maximum atomic E-state index is 11.4. The predicted molar refractivity (Wildman–Crippen MR) is 72.3 cm³/mol. The van der Waals surface area contributed by atoms with Gasteiger partial charge in [0.1, 0.15) is 6.04 Å². The van der Waals surface area contributed by atoms with E-state index in [0.29, 0.717) is 25.0 Å². The van der Waals surface area contributed by atoms with Gasteiger partial charge in [-0.1, -0.05) is 6.92 Å². The van der Waals surface area contributed by atoms with Gasteiger partial charge in [-0.15, -0.1) is 0 Å². The van der Waals surface area contributed by atoms with Crippen molar-refractivity contribution in [2.45, 2.75) is 32.4 Å². The highest BCUT2D eigenvalue weighted by molar-refractivity contribution is 5.75. The highest BCUT2D eigenvalue weighted by atomic mass is 16.5. The zero-order valence-electron chi connectivity index (χ0n) is 12.1. The Kier molecular flexibility index (Phi) is 6.05. The van der Waals surface area contributed by atoms with Gasteiger partial charge in [-0.05, 0) is 33.4 Å². The van der Waals surface area contributed by atoms with Crippen molar-refractivity contribution in [3.63, 3.8) is 0 Å². The molecule has 2 N–H and O–H groups in total. The van der Waals surface area contributed by atoms with Gasteiger partial charge in [0, 0.05) is 25.7 Å². The molecule has 1 saturated heterocycles. The second-order valence-corrected chi connectivity index (χ2v) is 5.42.